The van der Waals surface area contributed by atoms with E-state index < -0.39 is 0 Å². The van der Waals surface area contributed by atoms with E-state index in [0.29, 0.717) is 12.3 Å². The van der Waals surface area contributed by atoms with E-state index in [1.54, 1.807) is 10.9 Å². The highest BCUT2D eigenvalue weighted by atomic mass is 16.3. The van der Waals surface area contributed by atoms with Crippen LogP contribution in [0.5, 0.6) is 0 Å². The van der Waals surface area contributed by atoms with E-state index in [1.807, 2.05) is 30.3 Å². The minimum atomic E-state index is 0.0585. The molecule has 5 heteroatoms. The Morgan fingerprint density at radius 3 is 2.91 bits per heavy atom. The van der Waals surface area contributed by atoms with Gasteiger partial charge >= 0.3 is 0 Å². The van der Waals surface area contributed by atoms with Crippen LogP contribution in [0, 0.1) is 5.92 Å². The average molecular weight is 315 g/mol. The summed E-state index contributed by atoms with van der Waals surface area (Å²) in [6.45, 7) is 5.13. The molecule has 1 aliphatic heterocycles. The van der Waals surface area contributed by atoms with Crippen molar-refractivity contribution in [1.29, 1.82) is 0 Å². The molecule has 2 atom stereocenters. The predicted octanol–water partition coefficient (Wildman–Crippen LogP) is 3.12. The summed E-state index contributed by atoms with van der Waals surface area (Å²) < 4.78 is 7.68. The zero-order chi connectivity index (χ0) is 16.4. The molecule has 124 valence electrons. The first-order valence-electron chi connectivity index (χ1n) is 8.42. The van der Waals surface area contributed by atoms with Crippen LogP contribution in [0.15, 0.2) is 28.9 Å². The summed E-state index contributed by atoms with van der Waals surface area (Å²) in [6.07, 6.45) is 6.97. The van der Waals surface area contributed by atoms with Crippen molar-refractivity contribution in [2.75, 3.05) is 6.54 Å². The summed E-state index contributed by atoms with van der Waals surface area (Å²) >= 11 is 0. The molecule has 0 radical (unpaired) electrons. The lowest BCUT2D eigenvalue weighted by atomic mass is 9.90. The van der Waals surface area contributed by atoms with Crippen molar-refractivity contribution in [1.82, 2.24) is 14.7 Å². The molecule has 2 aromatic rings. The Hall–Kier alpha value is -2.04. The van der Waals surface area contributed by atoms with Gasteiger partial charge in [-0.05, 0) is 36.5 Å². The summed E-state index contributed by atoms with van der Waals surface area (Å²) in [5, 5.41) is 4.15. The van der Waals surface area contributed by atoms with Gasteiger partial charge in [-0.3, -0.25) is 9.48 Å². The molecular weight excluding hydrogens is 290 g/mol. The van der Waals surface area contributed by atoms with Crippen molar-refractivity contribution in [2.45, 2.75) is 45.6 Å². The fraction of sp³-hybridized carbons (Fsp3) is 0.556. The quantitative estimate of drug-likeness (QED) is 0.871. The van der Waals surface area contributed by atoms with E-state index in [4.69, 9.17) is 4.42 Å². The van der Waals surface area contributed by atoms with Crippen LogP contribution >= 0.6 is 0 Å². The normalized spacial score (nSPS) is 21.6. The summed E-state index contributed by atoms with van der Waals surface area (Å²) in [7, 11) is 1.87. The number of piperidine rings is 1. The molecule has 0 unspecified atom stereocenters. The Labute approximate surface area is 137 Å². The summed E-state index contributed by atoms with van der Waals surface area (Å²) in [4.78, 5) is 14.8. The van der Waals surface area contributed by atoms with Crippen LogP contribution in [0.25, 0.3) is 0 Å². The third kappa shape index (κ3) is 3.49. The molecule has 2 aromatic heterocycles. The van der Waals surface area contributed by atoms with E-state index in [1.165, 1.54) is 0 Å². The van der Waals surface area contributed by atoms with Crippen molar-refractivity contribution < 1.29 is 9.21 Å². The molecule has 0 aliphatic carbocycles. The van der Waals surface area contributed by atoms with Gasteiger partial charge in [0, 0.05) is 26.2 Å². The van der Waals surface area contributed by atoms with Crippen LogP contribution in [0.2, 0.25) is 0 Å². The number of rotatable bonds is 4. The third-order valence-corrected chi connectivity index (χ3v) is 4.66. The van der Waals surface area contributed by atoms with Gasteiger partial charge in [-0.25, -0.2) is 0 Å². The molecule has 0 N–H and O–H groups in total. The minimum absolute atomic E-state index is 0.0585. The Morgan fingerprint density at radius 1 is 1.43 bits per heavy atom. The number of hydrogen-bond donors (Lipinski definition) is 0. The molecule has 0 saturated carbocycles. The van der Waals surface area contributed by atoms with Gasteiger partial charge in [0.05, 0.1) is 18.7 Å². The van der Waals surface area contributed by atoms with Gasteiger partial charge in [-0.1, -0.05) is 13.8 Å². The Balaban J connectivity index is 1.78. The van der Waals surface area contributed by atoms with Crippen molar-refractivity contribution in [3.05, 3.63) is 41.6 Å². The highest BCUT2D eigenvalue weighted by Gasteiger charge is 2.33. The van der Waals surface area contributed by atoms with E-state index in [-0.39, 0.29) is 11.9 Å². The first-order chi connectivity index (χ1) is 11.1. The molecule has 5 nitrogen and oxygen atoms in total. The molecule has 1 amide bonds. The van der Waals surface area contributed by atoms with Gasteiger partial charge in [0.15, 0.2) is 0 Å². The number of aromatic nitrogens is 2. The number of amides is 1. The summed E-state index contributed by atoms with van der Waals surface area (Å²) in [6, 6.07) is 4.12. The first kappa shape index (κ1) is 15.8. The van der Waals surface area contributed by atoms with Crippen molar-refractivity contribution in [2.24, 2.45) is 13.0 Å². The Bertz CT molecular complexity index is 673. The van der Waals surface area contributed by atoms with Crippen LogP contribution in [-0.2, 0) is 24.7 Å². The SMILES string of the molecule is CCc1ccc([C@@H]2C[C@H](C)CCN2C(=O)Cc2cnn(C)c2)o1. The standard InChI is InChI=1S/C18H25N3O2/c1-4-15-5-6-17(23-15)16-9-13(2)7-8-21(16)18(22)10-14-11-19-20(3)12-14/h5-6,11-13,16H,4,7-10H2,1-3H3/t13-,16+/m1/s1. The van der Waals surface area contributed by atoms with Gasteiger partial charge in [-0.2, -0.15) is 5.10 Å². The maximum atomic E-state index is 12.8. The highest BCUT2D eigenvalue weighted by Crippen LogP contribution is 2.35. The van der Waals surface area contributed by atoms with Gasteiger partial charge in [0.1, 0.15) is 11.5 Å². The van der Waals surface area contributed by atoms with Gasteiger partial charge in [0.2, 0.25) is 5.91 Å². The number of nitrogens with zero attached hydrogens (tertiary/aromatic N) is 3. The van der Waals surface area contributed by atoms with Gasteiger partial charge in [0.25, 0.3) is 0 Å². The second kappa shape index (κ2) is 6.60. The molecule has 3 heterocycles. The number of hydrogen-bond acceptors (Lipinski definition) is 3. The van der Waals surface area contributed by atoms with Crippen LogP contribution < -0.4 is 0 Å². The lowest BCUT2D eigenvalue weighted by Crippen LogP contribution is -2.41. The van der Waals surface area contributed by atoms with Crippen LogP contribution in [0.1, 0.15) is 49.8 Å². The topological polar surface area (TPSA) is 51.3 Å². The Morgan fingerprint density at radius 2 is 2.26 bits per heavy atom. The highest BCUT2D eigenvalue weighted by molar-refractivity contribution is 5.79. The number of likely N-dealkylation sites (tertiary alicyclic amines) is 1. The number of carbonyl (C=O) groups excluding carboxylic acids is 1. The van der Waals surface area contributed by atoms with E-state index in [0.717, 1.165) is 42.9 Å². The molecule has 1 aliphatic rings. The lowest BCUT2D eigenvalue weighted by Gasteiger charge is -2.37. The van der Waals surface area contributed by atoms with Crippen LogP contribution in [0.4, 0.5) is 0 Å². The fourth-order valence-electron chi connectivity index (χ4n) is 3.31. The molecule has 0 aromatic carbocycles. The molecule has 0 bridgehead atoms. The molecule has 0 spiro atoms. The molecule has 1 saturated heterocycles. The predicted molar refractivity (Wildman–Crippen MR) is 87.9 cm³/mol. The average Bonchev–Trinajstić information content (AvgIpc) is 3.16. The maximum absolute atomic E-state index is 12.8. The summed E-state index contributed by atoms with van der Waals surface area (Å²) in [5.41, 5.74) is 0.962. The van der Waals surface area contributed by atoms with Crippen molar-refractivity contribution in [3.63, 3.8) is 0 Å². The lowest BCUT2D eigenvalue weighted by molar-refractivity contribution is -0.135. The molecular formula is C18H25N3O2. The molecule has 1 fully saturated rings. The fourth-order valence-corrected chi connectivity index (χ4v) is 3.31. The third-order valence-electron chi connectivity index (χ3n) is 4.66. The van der Waals surface area contributed by atoms with Gasteiger partial charge in [-0.15, -0.1) is 0 Å². The second-order valence-corrected chi connectivity index (χ2v) is 6.59. The van der Waals surface area contributed by atoms with E-state index in [2.05, 4.69) is 18.9 Å². The second-order valence-electron chi connectivity index (χ2n) is 6.59. The first-order valence-corrected chi connectivity index (χ1v) is 8.42. The maximum Gasteiger partial charge on any atom is 0.227 e. The Kier molecular flexibility index (Phi) is 4.55. The van der Waals surface area contributed by atoms with E-state index >= 15 is 0 Å². The smallest absolute Gasteiger partial charge is 0.227 e. The number of carbonyl (C=O) groups is 1. The largest absolute Gasteiger partial charge is 0.464 e. The van der Waals surface area contributed by atoms with Crippen LogP contribution in [-0.4, -0.2) is 27.1 Å². The number of aryl methyl sites for hydroxylation is 2. The zero-order valence-electron chi connectivity index (χ0n) is 14.2. The molecule has 23 heavy (non-hydrogen) atoms. The minimum Gasteiger partial charge on any atom is -0.464 e. The molecule has 3 rings (SSSR count). The van der Waals surface area contributed by atoms with Gasteiger partial charge < -0.3 is 9.32 Å². The summed E-state index contributed by atoms with van der Waals surface area (Å²) in [5.74, 6) is 2.67. The van der Waals surface area contributed by atoms with Crippen molar-refractivity contribution in [3.8, 4) is 0 Å². The monoisotopic (exact) mass is 315 g/mol. The zero-order valence-corrected chi connectivity index (χ0v) is 14.2. The van der Waals surface area contributed by atoms with Crippen LogP contribution in [0.3, 0.4) is 0 Å². The number of furan rings is 1. The van der Waals surface area contributed by atoms with E-state index in [9.17, 15) is 4.79 Å². The van der Waals surface area contributed by atoms with Crippen molar-refractivity contribution >= 4 is 5.91 Å².